The predicted octanol–water partition coefficient (Wildman–Crippen LogP) is -0.360. The van der Waals surface area contributed by atoms with Crippen LogP contribution in [0, 0.1) is 12.3 Å². The summed E-state index contributed by atoms with van der Waals surface area (Å²) in [5.41, 5.74) is 0. The molecular weight excluding hydrogens is 140 g/mol. The number of amides is 1. The number of carbonyl (C=O) groups is 1. The van der Waals surface area contributed by atoms with Crippen molar-refractivity contribution in [2.75, 3.05) is 34.2 Å². The molecule has 0 atom stereocenters. The van der Waals surface area contributed by atoms with Gasteiger partial charge < -0.3 is 4.90 Å². The van der Waals surface area contributed by atoms with Crippen molar-refractivity contribution in [1.29, 1.82) is 0 Å². The summed E-state index contributed by atoms with van der Waals surface area (Å²) in [7, 11) is 5.28. The molecule has 0 aromatic heterocycles. The van der Waals surface area contributed by atoms with Crippen LogP contribution in [0.3, 0.4) is 0 Å². The summed E-state index contributed by atoms with van der Waals surface area (Å²) in [5.74, 6) is 2.54. The SMILES string of the molecule is C#CCN(C)CC(=O)N(C)C. The van der Waals surface area contributed by atoms with Crippen molar-refractivity contribution < 1.29 is 4.79 Å². The van der Waals surface area contributed by atoms with E-state index in [-0.39, 0.29) is 5.91 Å². The van der Waals surface area contributed by atoms with Crippen molar-refractivity contribution in [2.24, 2.45) is 0 Å². The summed E-state index contributed by atoms with van der Waals surface area (Å²) in [5, 5.41) is 0. The fourth-order valence-corrected chi connectivity index (χ4v) is 0.584. The van der Waals surface area contributed by atoms with E-state index in [0.717, 1.165) is 0 Å². The largest absolute Gasteiger partial charge is 0.348 e. The first-order valence-corrected chi connectivity index (χ1v) is 3.40. The van der Waals surface area contributed by atoms with Gasteiger partial charge in [0.05, 0.1) is 13.1 Å². The lowest BCUT2D eigenvalue weighted by Crippen LogP contribution is -2.34. The first-order valence-electron chi connectivity index (χ1n) is 3.40. The molecule has 62 valence electrons. The van der Waals surface area contributed by atoms with E-state index in [1.165, 1.54) is 0 Å². The summed E-state index contributed by atoms with van der Waals surface area (Å²) in [6.07, 6.45) is 5.06. The molecule has 0 fully saturated rings. The van der Waals surface area contributed by atoms with Crippen LogP contribution >= 0.6 is 0 Å². The molecule has 3 nitrogen and oxygen atoms in total. The van der Waals surface area contributed by atoms with E-state index < -0.39 is 0 Å². The Bertz CT molecular complexity index is 169. The Labute approximate surface area is 68.0 Å². The van der Waals surface area contributed by atoms with Gasteiger partial charge in [-0.25, -0.2) is 0 Å². The number of terminal acetylenes is 1. The molecule has 11 heavy (non-hydrogen) atoms. The van der Waals surface area contributed by atoms with E-state index in [0.29, 0.717) is 13.1 Å². The highest BCUT2D eigenvalue weighted by atomic mass is 16.2. The molecule has 0 N–H and O–H groups in total. The lowest BCUT2D eigenvalue weighted by Gasteiger charge is -2.16. The van der Waals surface area contributed by atoms with E-state index in [4.69, 9.17) is 6.42 Å². The Hall–Kier alpha value is -1.01. The van der Waals surface area contributed by atoms with Gasteiger partial charge in [-0.05, 0) is 7.05 Å². The average molecular weight is 154 g/mol. The number of rotatable bonds is 3. The van der Waals surface area contributed by atoms with Crippen LogP contribution in [0.1, 0.15) is 0 Å². The molecule has 0 aromatic carbocycles. The maximum Gasteiger partial charge on any atom is 0.236 e. The Morgan fingerprint density at radius 2 is 2.00 bits per heavy atom. The lowest BCUT2D eigenvalue weighted by molar-refractivity contribution is -0.129. The quantitative estimate of drug-likeness (QED) is 0.518. The van der Waals surface area contributed by atoms with Crippen molar-refractivity contribution in [2.45, 2.75) is 0 Å². The Morgan fingerprint density at radius 3 is 2.36 bits per heavy atom. The zero-order chi connectivity index (χ0) is 8.85. The zero-order valence-electron chi connectivity index (χ0n) is 7.29. The first-order chi connectivity index (χ1) is 5.07. The van der Waals surface area contributed by atoms with Crippen molar-refractivity contribution >= 4 is 5.91 Å². The average Bonchev–Trinajstić information content (AvgIpc) is 1.87. The highest BCUT2D eigenvalue weighted by Gasteiger charge is 2.05. The minimum atomic E-state index is 0.0720. The molecule has 0 saturated carbocycles. The van der Waals surface area contributed by atoms with Crippen LogP contribution in [0.2, 0.25) is 0 Å². The number of hydrogen-bond donors (Lipinski definition) is 0. The normalized spacial score (nSPS) is 9.36. The van der Waals surface area contributed by atoms with Gasteiger partial charge >= 0.3 is 0 Å². The molecule has 0 aromatic rings. The summed E-state index contributed by atoms with van der Waals surface area (Å²) < 4.78 is 0. The molecular formula is C8H14N2O. The minimum Gasteiger partial charge on any atom is -0.348 e. The number of hydrogen-bond acceptors (Lipinski definition) is 2. The third kappa shape index (κ3) is 4.40. The molecule has 0 spiro atoms. The topological polar surface area (TPSA) is 23.6 Å². The third-order valence-electron chi connectivity index (χ3n) is 1.27. The molecule has 3 heteroatoms. The molecule has 1 amide bonds. The number of nitrogens with zero attached hydrogens (tertiary/aromatic N) is 2. The Morgan fingerprint density at radius 1 is 1.45 bits per heavy atom. The molecule has 0 aliphatic rings. The molecule has 0 aliphatic heterocycles. The van der Waals surface area contributed by atoms with Gasteiger partial charge in [0.1, 0.15) is 0 Å². The van der Waals surface area contributed by atoms with Crippen LogP contribution in [0.4, 0.5) is 0 Å². The van der Waals surface area contributed by atoms with E-state index in [1.54, 1.807) is 23.9 Å². The second-order valence-electron chi connectivity index (χ2n) is 2.66. The molecule has 0 radical (unpaired) electrons. The molecule has 0 saturated heterocycles. The van der Waals surface area contributed by atoms with Crippen molar-refractivity contribution in [1.82, 2.24) is 9.80 Å². The second kappa shape index (κ2) is 4.75. The molecule has 0 unspecified atom stereocenters. The first kappa shape index (κ1) is 9.99. The van der Waals surface area contributed by atoms with Gasteiger partial charge in [0.25, 0.3) is 0 Å². The zero-order valence-corrected chi connectivity index (χ0v) is 7.29. The van der Waals surface area contributed by atoms with Gasteiger partial charge in [0.2, 0.25) is 5.91 Å². The van der Waals surface area contributed by atoms with E-state index in [2.05, 4.69) is 5.92 Å². The molecule has 0 bridgehead atoms. The highest BCUT2D eigenvalue weighted by molar-refractivity contribution is 5.77. The standard InChI is InChI=1S/C8H14N2O/c1-5-6-10(4)7-8(11)9(2)3/h1H,6-7H2,2-4H3. The van der Waals surface area contributed by atoms with Crippen molar-refractivity contribution in [3.05, 3.63) is 0 Å². The fraction of sp³-hybridized carbons (Fsp3) is 0.625. The molecule has 0 aliphatic carbocycles. The van der Waals surface area contributed by atoms with Gasteiger partial charge in [-0.3, -0.25) is 9.69 Å². The number of likely N-dealkylation sites (N-methyl/N-ethyl adjacent to an activating group) is 2. The van der Waals surface area contributed by atoms with Gasteiger partial charge in [-0.15, -0.1) is 6.42 Å². The van der Waals surface area contributed by atoms with Crippen LogP contribution in [-0.2, 0) is 4.79 Å². The minimum absolute atomic E-state index is 0.0720. The van der Waals surface area contributed by atoms with Gasteiger partial charge in [-0.1, -0.05) is 5.92 Å². The van der Waals surface area contributed by atoms with Gasteiger partial charge in [0.15, 0.2) is 0 Å². The smallest absolute Gasteiger partial charge is 0.236 e. The summed E-state index contributed by atoms with van der Waals surface area (Å²) >= 11 is 0. The van der Waals surface area contributed by atoms with Crippen molar-refractivity contribution in [3.63, 3.8) is 0 Å². The Kier molecular flexibility index (Phi) is 4.32. The highest BCUT2D eigenvalue weighted by Crippen LogP contribution is 1.84. The number of carbonyl (C=O) groups excluding carboxylic acids is 1. The monoisotopic (exact) mass is 154 g/mol. The third-order valence-corrected chi connectivity index (χ3v) is 1.27. The van der Waals surface area contributed by atoms with Crippen LogP contribution in [0.25, 0.3) is 0 Å². The van der Waals surface area contributed by atoms with Crippen LogP contribution in [0.15, 0.2) is 0 Å². The van der Waals surface area contributed by atoms with Crippen molar-refractivity contribution in [3.8, 4) is 12.3 Å². The summed E-state index contributed by atoms with van der Waals surface area (Å²) in [6.45, 7) is 0.900. The summed E-state index contributed by atoms with van der Waals surface area (Å²) in [4.78, 5) is 14.4. The predicted molar refractivity (Wildman–Crippen MR) is 45.0 cm³/mol. The van der Waals surface area contributed by atoms with Crippen LogP contribution < -0.4 is 0 Å². The fourth-order valence-electron chi connectivity index (χ4n) is 0.584. The Balaban J connectivity index is 3.68. The maximum atomic E-state index is 11.0. The second-order valence-corrected chi connectivity index (χ2v) is 2.66. The molecule has 0 heterocycles. The van der Waals surface area contributed by atoms with Crippen LogP contribution in [-0.4, -0.2) is 49.9 Å². The van der Waals surface area contributed by atoms with E-state index in [9.17, 15) is 4.79 Å². The maximum absolute atomic E-state index is 11.0. The van der Waals surface area contributed by atoms with Crippen LogP contribution in [0.5, 0.6) is 0 Å². The van der Waals surface area contributed by atoms with E-state index in [1.807, 2.05) is 7.05 Å². The molecule has 0 rings (SSSR count). The van der Waals surface area contributed by atoms with Gasteiger partial charge in [-0.2, -0.15) is 0 Å². The lowest BCUT2D eigenvalue weighted by atomic mass is 10.5. The van der Waals surface area contributed by atoms with Gasteiger partial charge in [0, 0.05) is 14.1 Å². The van der Waals surface area contributed by atoms with E-state index >= 15 is 0 Å². The summed E-state index contributed by atoms with van der Waals surface area (Å²) in [6, 6.07) is 0.